The standard InChI is InChI=1S/C13H18O4/c1-8-5-6-12(11(7-8)9(2)14)17-10(3)13(15)16-4/h5-7,9-10,14H,1-4H3/t9-,10?/m0/s1. The molecule has 4 heteroatoms. The average Bonchev–Trinajstić information content (AvgIpc) is 2.29. The van der Waals surface area contributed by atoms with Gasteiger partial charge in [-0.15, -0.1) is 0 Å². The van der Waals surface area contributed by atoms with E-state index < -0.39 is 18.2 Å². The van der Waals surface area contributed by atoms with Crippen LogP contribution >= 0.6 is 0 Å². The predicted molar refractivity (Wildman–Crippen MR) is 63.9 cm³/mol. The predicted octanol–water partition coefficient (Wildman–Crippen LogP) is 1.99. The summed E-state index contributed by atoms with van der Waals surface area (Å²) >= 11 is 0. The fourth-order valence-corrected chi connectivity index (χ4v) is 1.51. The molecule has 0 amide bonds. The molecule has 94 valence electrons. The van der Waals surface area contributed by atoms with Gasteiger partial charge in [-0.3, -0.25) is 0 Å². The number of ether oxygens (including phenoxy) is 2. The average molecular weight is 238 g/mol. The number of aliphatic hydroxyl groups is 1. The molecule has 0 saturated heterocycles. The Labute approximate surface area is 101 Å². The Morgan fingerprint density at radius 2 is 2.00 bits per heavy atom. The summed E-state index contributed by atoms with van der Waals surface area (Å²) in [7, 11) is 1.31. The summed E-state index contributed by atoms with van der Waals surface area (Å²) in [5.74, 6) is 0.0608. The normalized spacial score (nSPS) is 13.9. The van der Waals surface area contributed by atoms with E-state index in [4.69, 9.17) is 4.74 Å². The molecular formula is C13H18O4. The molecule has 17 heavy (non-hydrogen) atoms. The number of aryl methyl sites for hydroxylation is 1. The van der Waals surface area contributed by atoms with Crippen LogP contribution in [0.5, 0.6) is 5.75 Å². The van der Waals surface area contributed by atoms with E-state index in [2.05, 4.69) is 4.74 Å². The number of esters is 1. The van der Waals surface area contributed by atoms with Gasteiger partial charge < -0.3 is 14.6 Å². The first-order valence-electron chi connectivity index (χ1n) is 5.48. The molecule has 0 aliphatic heterocycles. The Hall–Kier alpha value is -1.55. The summed E-state index contributed by atoms with van der Waals surface area (Å²) in [6.07, 6.45) is -1.34. The fraction of sp³-hybridized carbons (Fsp3) is 0.462. The van der Waals surface area contributed by atoms with Crippen LogP contribution in [-0.2, 0) is 9.53 Å². The van der Waals surface area contributed by atoms with E-state index in [-0.39, 0.29) is 0 Å². The number of carbonyl (C=O) groups excluding carboxylic acids is 1. The first-order chi connectivity index (χ1) is 7.95. The first kappa shape index (κ1) is 13.5. The van der Waals surface area contributed by atoms with E-state index in [1.807, 2.05) is 19.1 Å². The zero-order chi connectivity index (χ0) is 13.0. The molecule has 1 N–H and O–H groups in total. The van der Waals surface area contributed by atoms with Crippen LogP contribution in [0.1, 0.15) is 31.1 Å². The quantitative estimate of drug-likeness (QED) is 0.815. The molecule has 0 aromatic heterocycles. The Morgan fingerprint density at radius 1 is 1.35 bits per heavy atom. The highest BCUT2D eigenvalue weighted by Gasteiger charge is 2.18. The van der Waals surface area contributed by atoms with Crippen LogP contribution in [0.2, 0.25) is 0 Å². The van der Waals surface area contributed by atoms with Crippen molar-refractivity contribution in [3.05, 3.63) is 29.3 Å². The smallest absolute Gasteiger partial charge is 0.346 e. The lowest BCUT2D eigenvalue weighted by Gasteiger charge is -2.17. The molecule has 1 unspecified atom stereocenters. The van der Waals surface area contributed by atoms with Gasteiger partial charge in [-0.1, -0.05) is 11.6 Å². The molecule has 2 atom stereocenters. The number of hydrogen-bond donors (Lipinski definition) is 1. The Kier molecular flexibility index (Phi) is 4.52. The number of aliphatic hydroxyl groups excluding tert-OH is 1. The molecule has 4 nitrogen and oxygen atoms in total. The van der Waals surface area contributed by atoms with Gasteiger partial charge in [0.25, 0.3) is 0 Å². The summed E-state index contributed by atoms with van der Waals surface area (Å²) in [4.78, 5) is 11.3. The second-order valence-electron chi connectivity index (χ2n) is 4.00. The van der Waals surface area contributed by atoms with Gasteiger partial charge >= 0.3 is 5.97 Å². The van der Waals surface area contributed by atoms with E-state index in [1.54, 1.807) is 19.9 Å². The fourth-order valence-electron chi connectivity index (χ4n) is 1.51. The van der Waals surface area contributed by atoms with Crippen LogP contribution in [0.25, 0.3) is 0 Å². The van der Waals surface area contributed by atoms with Crippen LogP contribution in [-0.4, -0.2) is 24.3 Å². The van der Waals surface area contributed by atoms with Crippen molar-refractivity contribution in [1.29, 1.82) is 0 Å². The van der Waals surface area contributed by atoms with Gasteiger partial charge in [-0.05, 0) is 32.9 Å². The number of hydrogen-bond acceptors (Lipinski definition) is 4. The van der Waals surface area contributed by atoms with E-state index >= 15 is 0 Å². The minimum absolute atomic E-state index is 0.442. The van der Waals surface area contributed by atoms with Gasteiger partial charge in [0.1, 0.15) is 5.75 Å². The van der Waals surface area contributed by atoms with Crippen molar-refractivity contribution in [1.82, 2.24) is 0 Å². The molecule has 1 aromatic carbocycles. The zero-order valence-electron chi connectivity index (χ0n) is 10.6. The highest BCUT2D eigenvalue weighted by Crippen LogP contribution is 2.27. The molecule has 0 saturated carbocycles. The molecule has 0 heterocycles. The third-order valence-electron chi connectivity index (χ3n) is 2.45. The maximum absolute atomic E-state index is 11.3. The van der Waals surface area contributed by atoms with Crippen LogP contribution < -0.4 is 4.74 Å². The molecule has 0 bridgehead atoms. The Balaban J connectivity index is 2.94. The number of methoxy groups -OCH3 is 1. The maximum atomic E-state index is 11.3. The highest BCUT2D eigenvalue weighted by molar-refractivity contribution is 5.74. The maximum Gasteiger partial charge on any atom is 0.346 e. The van der Waals surface area contributed by atoms with Crippen molar-refractivity contribution in [3.8, 4) is 5.75 Å². The molecule has 0 radical (unpaired) electrons. The van der Waals surface area contributed by atoms with Crippen LogP contribution in [0.4, 0.5) is 0 Å². The van der Waals surface area contributed by atoms with E-state index in [9.17, 15) is 9.90 Å². The van der Waals surface area contributed by atoms with Crippen LogP contribution in [0.15, 0.2) is 18.2 Å². The second-order valence-corrected chi connectivity index (χ2v) is 4.00. The summed E-state index contributed by atoms with van der Waals surface area (Å²) in [5, 5.41) is 9.64. The molecule has 1 aromatic rings. The second kappa shape index (κ2) is 5.68. The lowest BCUT2D eigenvalue weighted by atomic mass is 10.1. The molecule has 0 aliphatic carbocycles. The topological polar surface area (TPSA) is 55.8 Å². The van der Waals surface area contributed by atoms with Crippen molar-refractivity contribution in [2.45, 2.75) is 33.0 Å². The largest absolute Gasteiger partial charge is 0.479 e. The zero-order valence-corrected chi connectivity index (χ0v) is 10.6. The third-order valence-corrected chi connectivity index (χ3v) is 2.45. The minimum atomic E-state index is -0.694. The Bertz CT molecular complexity index is 398. The van der Waals surface area contributed by atoms with Gasteiger partial charge in [-0.2, -0.15) is 0 Å². The van der Waals surface area contributed by atoms with Crippen molar-refractivity contribution < 1.29 is 19.4 Å². The Morgan fingerprint density at radius 3 is 2.53 bits per heavy atom. The molecule has 0 fully saturated rings. The van der Waals surface area contributed by atoms with Crippen molar-refractivity contribution in [3.63, 3.8) is 0 Å². The number of rotatable bonds is 4. The minimum Gasteiger partial charge on any atom is -0.479 e. The number of carbonyl (C=O) groups is 1. The van der Waals surface area contributed by atoms with Gasteiger partial charge in [0.15, 0.2) is 6.10 Å². The summed E-state index contributed by atoms with van der Waals surface area (Å²) in [6.45, 7) is 5.20. The van der Waals surface area contributed by atoms with Gasteiger partial charge in [0, 0.05) is 5.56 Å². The lowest BCUT2D eigenvalue weighted by Crippen LogP contribution is -2.25. The van der Waals surface area contributed by atoms with Gasteiger partial charge in [0.2, 0.25) is 0 Å². The summed E-state index contributed by atoms with van der Waals surface area (Å²) < 4.78 is 10.1. The third kappa shape index (κ3) is 3.46. The monoisotopic (exact) mass is 238 g/mol. The highest BCUT2D eigenvalue weighted by atomic mass is 16.6. The van der Waals surface area contributed by atoms with Gasteiger partial charge in [0.05, 0.1) is 13.2 Å². The summed E-state index contributed by atoms with van der Waals surface area (Å²) in [6, 6.07) is 5.45. The SMILES string of the molecule is COC(=O)C(C)Oc1ccc(C)cc1[C@H](C)O. The molecular weight excluding hydrogens is 220 g/mol. The van der Waals surface area contributed by atoms with Crippen LogP contribution in [0.3, 0.4) is 0 Å². The molecule has 1 rings (SSSR count). The van der Waals surface area contributed by atoms with Crippen molar-refractivity contribution in [2.75, 3.05) is 7.11 Å². The van der Waals surface area contributed by atoms with Crippen LogP contribution in [0, 0.1) is 6.92 Å². The van der Waals surface area contributed by atoms with E-state index in [1.165, 1.54) is 7.11 Å². The summed E-state index contributed by atoms with van der Waals surface area (Å²) in [5.41, 5.74) is 1.69. The molecule has 0 aliphatic rings. The molecule has 0 spiro atoms. The first-order valence-corrected chi connectivity index (χ1v) is 5.48. The van der Waals surface area contributed by atoms with Crippen molar-refractivity contribution in [2.24, 2.45) is 0 Å². The van der Waals surface area contributed by atoms with E-state index in [0.717, 1.165) is 5.56 Å². The lowest BCUT2D eigenvalue weighted by molar-refractivity contribution is -0.147. The van der Waals surface area contributed by atoms with E-state index in [0.29, 0.717) is 11.3 Å². The van der Waals surface area contributed by atoms with Gasteiger partial charge in [-0.25, -0.2) is 4.79 Å². The van der Waals surface area contributed by atoms with Crippen molar-refractivity contribution >= 4 is 5.97 Å². The number of benzene rings is 1.